The van der Waals surface area contributed by atoms with Crippen molar-refractivity contribution in [3.05, 3.63) is 82.3 Å². The molecule has 0 aliphatic heterocycles. The van der Waals surface area contributed by atoms with Crippen LogP contribution in [0.15, 0.2) is 70.0 Å². The molecule has 0 N–H and O–H groups in total. The molecule has 4 rings (SSSR count). The predicted octanol–water partition coefficient (Wildman–Crippen LogP) is 4.52. The summed E-state index contributed by atoms with van der Waals surface area (Å²) >= 11 is 0. The third kappa shape index (κ3) is 2.66. The maximum atomic E-state index is 13.2. The number of benzene rings is 2. The van der Waals surface area contributed by atoms with Crippen LogP contribution < -0.4 is 5.56 Å². The zero-order valence-corrected chi connectivity index (χ0v) is 14.2. The second-order valence-electron chi connectivity index (χ2n) is 6.11. The Morgan fingerprint density at radius 2 is 1.80 bits per heavy atom. The van der Waals surface area contributed by atoms with E-state index in [2.05, 4.69) is 24.2 Å². The zero-order chi connectivity index (χ0) is 17.4. The van der Waals surface area contributed by atoms with Crippen LogP contribution in [0, 0.1) is 6.92 Å². The zero-order valence-electron chi connectivity index (χ0n) is 14.2. The summed E-state index contributed by atoms with van der Waals surface area (Å²) in [6.07, 6.45) is 0.966. The van der Waals surface area contributed by atoms with E-state index in [0.29, 0.717) is 11.3 Å². The number of hydrogen-bond donors (Lipinski definition) is 0. The maximum Gasteiger partial charge on any atom is 0.266 e. The summed E-state index contributed by atoms with van der Waals surface area (Å²) in [6, 6.07) is 19.6. The molecule has 0 amide bonds. The monoisotopic (exact) mass is 330 g/mol. The van der Waals surface area contributed by atoms with Crippen molar-refractivity contribution in [1.82, 2.24) is 9.72 Å². The van der Waals surface area contributed by atoms with Crippen LogP contribution in [0.1, 0.15) is 18.2 Å². The molecule has 4 aromatic rings. The highest BCUT2D eigenvalue weighted by molar-refractivity contribution is 5.84. The molecular formula is C21H18N2O2. The first-order valence-electron chi connectivity index (χ1n) is 8.35. The fourth-order valence-corrected chi connectivity index (χ4v) is 3.06. The maximum absolute atomic E-state index is 13.2. The molecule has 4 heteroatoms. The van der Waals surface area contributed by atoms with Gasteiger partial charge in [0.15, 0.2) is 5.76 Å². The van der Waals surface area contributed by atoms with Gasteiger partial charge in [0.2, 0.25) is 0 Å². The van der Waals surface area contributed by atoms with Crippen molar-refractivity contribution in [3.8, 4) is 17.0 Å². The van der Waals surface area contributed by atoms with Gasteiger partial charge in [-0.1, -0.05) is 42.4 Å². The number of fused-ring (bicyclic) bond motifs is 1. The number of para-hydroxylation sites is 1. The third-order valence-corrected chi connectivity index (χ3v) is 4.41. The van der Waals surface area contributed by atoms with Crippen molar-refractivity contribution in [2.45, 2.75) is 20.3 Å². The van der Waals surface area contributed by atoms with Crippen molar-refractivity contribution in [1.29, 1.82) is 0 Å². The lowest BCUT2D eigenvalue weighted by molar-refractivity contribution is 0.426. The van der Waals surface area contributed by atoms with Gasteiger partial charge in [0, 0.05) is 11.8 Å². The molecule has 0 saturated heterocycles. The summed E-state index contributed by atoms with van der Waals surface area (Å²) in [7, 11) is 0. The Balaban J connectivity index is 2.04. The molecular weight excluding hydrogens is 312 g/mol. The standard InChI is InChI=1S/C21H18N2O2/c1-3-15-8-10-17(11-9-15)23-19-7-5-4-6-16(19)13-18(21(23)24)20-12-14(2)22-25-20/h4-13H,3H2,1-2H3. The van der Waals surface area contributed by atoms with Crippen LogP contribution >= 0.6 is 0 Å². The van der Waals surface area contributed by atoms with Gasteiger partial charge in [-0.15, -0.1) is 0 Å². The van der Waals surface area contributed by atoms with Crippen LogP contribution in [0.25, 0.3) is 27.9 Å². The molecule has 0 spiro atoms. The summed E-state index contributed by atoms with van der Waals surface area (Å²) < 4.78 is 7.08. The second-order valence-corrected chi connectivity index (χ2v) is 6.11. The van der Waals surface area contributed by atoms with Gasteiger partial charge >= 0.3 is 0 Å². The Bertz CT molecular complexity index is 1100. The molecule has 2 heterocycles. The van der Waals surface area contributed by atoms with Gasteiger partial charge in [-0.05, 0) is 48.6 Å². The number of rotatable bonds is 3. The summed E-state index contributed by atoms with van der Waals surface area (Å²) in [6.45, 7) is 3.96. The summed E-state index contributed by atoms with van der Waals surface area (Å²) in [5.41, 5.74) is 4.11. The van der Waals surface area contributed by atoms with Crippen LogP contribution in [-0.4, -0.2) is 9.72 Å². The lowest BCUT2D eigenvalue weighted by Gasteiger charge is -2.12. The van der Waals surface area contributed by atoms with Crippen molar-refractivity contribution in [2.75, 3.05) is 0 Å². The van der Waals surface area contributed by atoms with E-state index in [1.165, 1.54) is 5.56 Å². The molecule has 0 atom stereocenters. The number of hydrogen-bond acceptors (Lipinski definition) is 3. The first-order valence-corrected chi connectivity index (χ1v) is 8.35. The normalized spacial score (nSPS) is 11.1. The average molecular weight is 330 g/mol. The number of aryl methyl sites for hydroxylation is 2. The van der Waals surface area contributed by atoms with Crippen molar-refractivity contribution in [3.63, 3.8) is 0 Å². The Morgan fingerprint density at radius 3 is 2.48 bits per heavy atom. The highest BCUT2D eigenvalue weighted by Crippen LogP contribution is 2.24. The van der Waals surface area contributed by atoms with E-state index in [1.807, 2.05) is 49.4 Å². The van der Waals surface area contributed by atoms with Crippen molar-refractivity contribution >= 4 is 10.9 Å². The molecule has 0 fully saturated rings. The number of aromatic nitrogens is 2. The number of nitrogens with zero attached hydrogens (tertiary/aromatic N) is 2. The largest absolute Gasteiger partial charge is 0.356 e. The molecule has 25 heavy (non-hydrogen) atoms. The fourth-order valence-electron chi connectivity index (χ4n) is 3.06. The van der Waals surface area contributed by atoms with Crippen molar-refractivity contribution < 1.29 is 4.52 Å². The average Bonchev–Trinajstić information content (AvgIpc) is 3.07. The first kappa shape index (κ1) is 15.4. The van der Waals surface area contributed by atoms with E-state index in [-0.39, 0.29) is 5.56 Å². The minimum atomic E-state index is -0.112. The minimum absolute atomic E-state index is 0.112. The molecule has 0 bridgehead atoms. The fraction of sp³-hybridized carbons (Fsp3) is 0.143. The topological polar surface area (TPSA) is 48.0 Å². The third-order valence-electron chi connectivity index (χ3n) is 4.41. The Kier molecular flexibility index (Phi) is 3.73. The molecule has 0 aliphatic carbocycles. The molecule has 4 nitrogen and oxygen atoms in total. The number of pyridine rings is 1. The van der Waals surface area contributed by atoms with Gasteiger partial charge in [0.05, 0.1) is 16.8 Å². The second kappa shape index (κ2) is 6.06. The van der Waals surface area contributed by atoms with Crippen LogP contribution in [-0.2, 0) is 6.42 Å². The van der Waals surface area contributed by atoms with E-state index in [1.54, 1.807) is 10.6 Å². The van der Waals surface area contributed by atoms with Gasteiger partial charge in [0.25, 0.3) is 5.56 Å². The van der Waals surface area contributed by atoms with E-state index in [0.717, 1.165) is 28.7 Å². The van der Waals surface area contributed by atoms with Gasteiger partial charge in [-0.2, -0.15) is 0 Å². The lowest BCUT2D eigenvalue weighted by Crippen LogP contribution is -2.20. The van der Waals surface area contributed by atoms with Crippen molar-refractivity contribution in [2.24, 2.45) is 0 Å². The summed E-state index contributed by atoms with van der Waals surface area (Å²) in [5, 5.41) is 4.89. The lowest BCUT2D eigenvalue weighted by atomic mass is 10.1. The van der Waals surface area contributed by atoms with Crippen LogP contribution in [0.3, 0.4) is 0 Å². The highest BCUT2D eigenvalue weighted by Gasteiger charge is 2.15. The summed E-state index contributed by atoms with van der Waals surface area (Å²) in [4.78, 5) is 13.2. The van der Waals surface area contributed by atoms with Gasteiger partial charge in [0.1, 0.15) is 0 Å². The van der Waals surface area contributed by atoms with Gasteiger partial charge in [-0.3, -0.25) is 9.36 Å². The smallest absolute Gasteiger partial charge is 0.266 e. The SMILES string of the molecule is CCc1ccc(-n2c(=O)c(-c3cc(C)no3)cc3ccccc32)cc1. The predicted molar refractivity (Wildman–Crippen MR) is 99.2 cm³/mol. The van der Waals surface area contributed by atoms with E-state index in [9.17, 15) is 4.79 Å². The molecule has 0 saturated carbocycles. The van der Waals surface area contributed by atoms with Crippen LogP contribution in [0.2, 0.25) is 0 Å². The molecule has 2 aromatic carbocycles. The van der Waals surface area contributed by atoms with E-state index >= 15 is 0 Å². The van der Waals surface area contributed by atoms with Crippen LogP contribution in [0.4, 0.5) is 0 Å². The van der Waals surface area contributed by atoms with E-state index < -0.39 is 0 Å². The molecule has 2 aromatic heterocycles. The molecule has 0 radical (unpaired) electrons. The Labute approximate surface area is 145 Å². The highest BCUT2D eigenvalue weighted by atomic mass is 16.5. The summed E-state index contributed by atoms with van der Waals surface area (Å²) in [5.74, 6) is 0.493. The van der Waals surface area contributed by atoms with Gasteiger partial charge < -0.3 is 4.52 Å². The van der Waals surface area contributed by atoms with E-state index in [4.69, 9.17) is 4.52 Å². The Hall–Kier alpha value is -3.14. The Morgan fingerprint density at radius 1 is 1.04 bits per heavy atom. The minimum Gasteiger partial charge on any atom is -0.356 e. The molecule has 124 valence electrons. The quantitative estimate of drug-likeness (QED) is 0.555. The molecule has 0 aliphatic rings. The van der Waals surface area contributed by atoms with Gasteiger partial charge in [-0.25, -0.2) is 0 Å². The van der Waals surface area contributed by atoms with Crippen LogP contribution in [0.5, 0.6) is 0 Å². The molecule has 0 unspecified atom stereocenters. The first-order chi connectivity index (χ1) is 12.2.